The molecule has 0 aliphatic carbocycles. The summed E-state index contributed by atoms with van der Waals surface area (Å²) >= 11 is 0. The lowest BCUT2D eigenvalue weighted by atomic mass is 10.2. The molecule has 0 spiro atoms. The average molecular weight is 691 g/mol. The van der Waals surface area contributed by atoms with Crippen LogP contribution in [0.15, 0.2) is 30.3 Å². The number of carbonyl (C=O) groups excluding carboxylic acids is 1. The fraction of sp³-hybridized carbons (Fsp3) is 0.800. The van der Waals surface area contributed by atoms with Gasteiger partial charge in [-0.2, -0.15) is 0 Å². The number of hydrogen-bond acceptors (Lipinski definition) is 13. The monoisotopic (exact) mass is 690 g/mol. The highest BCUT2D eigenvalue weighted by Gasteiger charge is 2.02. The lowest BCUT2D eigenvalue weighted by molar-refractivity contribution is -0.145. The minimum Gasteiger partial charge on any atom is -0.463 e. The second-order valence-electron chi connectivity index (χ2n) is 10.3. The Labute approximate surface area is 288 Å². The van der Waals surface area contributed by atoms with Crippen LogP contribution < -0.4 is 0 Å². The normalized spacial score (nSPS) is 11.4. The molecule has 1 aromatic rings. The van der Waals surface area contributed by atoms with Crippen LogP contribution in [0.3, 0.4) is 0 Å². The van der Waals surface area contributed by atoms with E-state index in [1.165, 1.54) is 0 Å². The van der Waals surface area contributed by atoms with Crippen LogP contribution in [0.1, 0.15) is 38.2 Å². The Bertz CT molecular complexity index is 772. The SMILES string of the molecule is CCCCCC(=O)OCCOCCOCCOCCOCCOCCOCCOCCOCCOCCOCCOCc1ccccc1. The molecule has 0 aliphatic heterocycles. The third-order valence-corrected chi connectivity index (χ3v) is 6.31. The quantitative estimate of drug-likeness (QED) is 0.0740. The zero-order valence-corrected chi connectivity index (χ0v) is 29.3. The van der Waals surface area contributed by atoms with Crippen molar-refractivity contribution in [2.75, 3.05) is 145 Å². The van der Waals surface area contributed by atoms with Gasteiger partial charge in [0.25, 0.3) is 0 Å². The van der Waals surface area contributed by atoms with Crippen molar-refractivity contribution >= 4 is 5.97 Å². The van der Waals surface area contributed by atoms with Gasteiger partial charge in [-0.25, -0.2) is 0 Å². The average Bonchev–Trinajstić information content (AvgIpc) is 3.10. The molecule has 13 nitrogen and oxygen atoms in total. The summed E-state index contributed by atoms with van der Waals surface area (Å²) < 4.78 is 65.3. The molecule has 48 heavy (non-hydrogen) atoms. The standard InChI is InChI=1S/C35H62O13/c1-2-3-5-10-35(36)48-32-31-46-28-27-44-24-23-42-20-19-40-16-15-38-12-11-37-13-14-39-17-18-41-21-22-43-25-26-45-29-30-47-33-34-8-6-4-7-9-34/h4,6-9H,2-3,5,10-33H2,1H3. The van der Waals surface area contributed by atoms with Gasteiger partial charge in [0, 0.05) is 6.42 Å². The molecule has 1 aromatic carbocycles. The van der Waals surface area contributed by atoms with Crippen molar-refractivity contribution in [3.63, 3.8) is 0 Å². The van der Waals surface area contributed by atoms with Crippen LogP contribution in [0.25, 0.3) is 0 Å². The number of hydrogen-bond donors (Lipinski definition) is 0. The first-order chi connectivity index (χ1) is 23.8. The van der Waals surface area contributed by atoms with Crippen LogP contribution in [-0.2, 0) is 68.2 Å². The first-order valence-corrected chi connectivity index (χ1v) is 17.4. The van der Waals surface area contributed by atoms with Gasteiger partial charge in [-0.05, 0) is 12.0 Å². The largest absolute Gasteiger partial charge is 0.463 e. The third kappa shape index (κ3) is 34.1. The van der Waals surface area contributed by atoms with Crippen molar-refractivity contribution in [1.82, 2.24) is 0 Å². The van der Waals surface area contributed by atoms with E-state index >= 15 is 0 Å². The number of esters is 1. The molecule has 13 heteroatoms. The summed E-state index contributed by atoms with van der Waals surface area (Å²) in [7, 11) is 0. The van der Waals surface area contributed by atoms with Gasteiger partial charge in [0.05, 0.1) is 145 Å². The molecule has 0 fully saturated rings. The molecule has 0 N–H and O–H groups in total. The molecular weight excluding hydrogens is 628 g/mol. The zero-order chi connectivity index (χ0) is 34.3. The molecular formula is C35H62O13. The molecule has 280 valence electrons. The summed E-state index contributed by atoms with van der Waals surface area (Å²) in [5.41, 5.74) is 1.16. The first-order valence-electron chi connectivity index (χ1n) is 17.4. The zero-order valence-electron chi connectivity index (χ0n) is 29.3. The third-order valence-electron chi connectivity index (χ3n) is 6.31. The summed E-state index contributed by atoms with van der Waals surface area (Å²) in [4.78, 5) is 11.5. The van der Waals surface area contributed by atoms with E-state index in [1.807, 2.05) is 30.3 Å². The van der Waals surface area contributed by atoms with Gasteiger partial charge < -0.3 is 56.8 Å². The summed E-state index contributed by atoms with van der Waals surface area (Å²) in [6.45, 7) is 13.5. The van der Waals surface area contributed by atoms with E-state index in [-0.39, 0.29) is 12.6 Å². The number of ether oxygens (including phenoxy) is 12. The Morgan fingerprint density at radius 3 is 1.06 bits per heavy atom. The summed E-state index contributed by atoms with van der Waals surface area (Å²) in [6, 6.07) is 10.1. The molecule has 0 aromatic heterocycles. The lowest BCUT2D eigenvalue weighted by Gasteiger charge is -2.09. The number of carbonyl (C=O) groups is 1. The number of unbranched alkanes of at least 4 members (excludes halogenated alkanes) is 2. The molecule has 0 heterocycles. The smallest absolute Gasteiger partial charge is 0.305 e. The Hall–Kier alpha value is -1.75. The van der Waals surface area contributed by atoms with Gasteiger partial charge in [0.1, 0.15) is 6.61 Å². The molecule has 1 rings (SSSR count). The highest BCUT2D eigenvalue weighted by Crippen LogP contribution is 2.01. The Balaban J connectivity index is 1.62. The van der Waals surface area contributed by atoms with Crippen molar-refractivity contribution in [2.45, 2.75) is 39.2 Å². The Morgan fingerprint density at radius 1 is 0.417 bits per heavy atom. The topological polar surface area (TPSA) is 128 Å². The molecule has 0 unspecified atom stereocenters. The fourth-order valence-electron chi connectivity index (χ4n) is 3.77. The Morgan fingerprint density at radius 2 is 0.729 bits per heavy atom. The van der Waals surface area contributed by atoms with E-state index in [0.29, 0.717) is 152 Å². The minimum absolute atomic E-state index is 0.159. The van der Waals surface area contributed by atoms with Crippen molar-refractivity contribution in [3.05, 3.63) is 35.9 Å². The maximum absolute atomic E-state index is 11.5. The van der Waals surface area contributed by atoms with E-state index in [9.17, 15) is 4.79 Å². The minimum atomic E-state index is -0.159. The van der Waals surface area contributed by atoms with Gasteiger partial charge in [-0.15, -0.1) is 0 Å². The van der Waals surface area contributed by atoms with Gasteiger partial charge in [0.2, 0.25) is 0 Å². The van der Waals surface area contributed by atoms with Gasteiger partial charge >= 0.3 is 5.97 Å². The summed E-state index contributed by atoms with van der Waals surface area (Å²) in [5.74, 6) is -0.159. The van der Waals surface area contributed by atoms with E-state index in [2.05, 4.69) is 6.92 Å². The van der Waals surface area contributed by atoms with Crippen LogP contribution >= 0.6 is 0 Å². The molecule has 0 bridgehead atoms. The van der Waals surface area contributed by atoms with Crippen LogP contribution in [-0.4, -0.2) is 151 Å². The number of benzene rings is 1. The Kier molecular flexibility index (Phi) is 35.1. The highest BCUT2D eigenvalue weighted by atomic mass is 16.6. The second kappa shape index (κ2) is 38.1. The second-order valence-corrected chi connectivity index (χ2v) is 10.3. The molecule has 0 atom stereocenters. The predicted octanol–water partition coefficient (Wildman–Crippen LogP) is 3.49. The van der Waals surface area contributed by atoms with Crippen LogP contribution in [0.4, 0.5) is 0 Å². The van der Waals surface area contributed by atoms with Gasteiger partial charge in [0.15, 0.2) is 0 Å². The molecule has 0 aliphatic rings. The number of rotatable bonds is 39. The molecule has 0 saturated heterocycles. The summed E-state index contributed by atoms with van der Waals surface area (Å²) in [6.07, 6.45) is 3.49. The molecule has 0 radical (unpaired) electrons. The van der Waals surface area contributed by atoms with E-state index in [1.54, 1.807) is 0 Å². The predicted molar refractivity (Wildman–Crippen MR) is 179 cm³/mol. The molecule has 0 amide bonds. The first kappa shape index (κ1) is 44.3. The van der Waals surface area contributed by atoms with E-state index < -0.39 is 0 Å². The van der Waals surface area contributed by atoms with Crippen molar-refractivity contribution < 1.29 is 61.6 Å². The van der Waals surface area contributed by atoms with E-state index in [4.69, 9.17) is 56.8 Å². The van der Waals surface area contributed by atoms with Gasteiger partial charge in [-0.1, -0.05) is 50.1 Å². The van der Waals surface area contributed by atoms with Gasteiger partial charge in [-0.3, -0.25) is 4.79 Å². The summed E-state index contributed by atoms with van der Waals surface area (Å²) in [5, 5.41) is 0. The van der Waals surface area contributed by atoms with Crippen molar-refractivity contribution in [1.29, 1.82) is 0 Å². The van der Waals surface area contributed by atoms with Crippen LogP contribution in [0.5, 0.6) is 0 Å². The highest BCUT2D eigenvalue weighted by molar-refractivity contribution is 5.69. The molecule has 0 saturated carbocycles. The van der Waals surface area contributed by atoms with Crippen molar-refractivity contribution in [2.24, 2.45) is 0 Å². The lowest BCUT2D eigenvalue weighted by Crippen LogP contribution is -2.15. The maximum atomic E-state index is 11.5. The van der Waals surface area contributed by atoms with Crippen LogP contribution in [0.2, 0.25) is 0 Å². The van der Waals surface area contributed by atoms with E-state index in [0.717, 1.165) is 24.8 Å². The fourth-order valence-corrected chi connectivity index (χ4v) is 3.77. The maximum Gasteiger partial charge on any atom is 0.305 e. The van der Waals surface area contributed by atoms with Crippen molar-refractivity contribution in [3.8, 4) is 0 Å². The van der Waals surface area contributed by atoms with Crippen LogP contribution in [0, 0.1) is 0 Å².